The Hall–Kier alpha value is -1.36. The van der Waals surface area contributed by atoms with Gasteiger partial charge in [-0.3, -0.25) is 9.09 Å². The predicted octanol–water partition coefficient (Wildman–Crippen LogP) is -1.63. The fraction of sp³-hybridized carbons (Fsp3) is 0.500. The molecule has 3 heterocycles. The molecule has 18 nitrogen and oxygen atoms in total. The molecule has 1 fully saturated rings. The van der Waals surface area contributed by atoms with Gasteiger partial charge in [0.05, 0.1) is 12.9 Å². The third-order valence-corrected chi connectivity index (χ3v) is 7.58. The van der Waals surface area contributed by atoms with E-state index in [1.165, 1.54) is 10.9 Å². The van der Waals surface area contributed by atoms with Crippen molar-refractivity contribution in [1.29, 1.82) is 0 Å². The number of rotatable bonds is 8. The average Bonchev–Trinajstić information content (AvgIpc) is 3.13. The van der Waals surface area contributed by atoms with Crippen LogP contribution in [0.1, 0.15) is 6.23 Å². The molecule has 0 bridgehead atoms. The van der Waals surface area contributed by atoms with Crippen molar-refractivity contribution in [3.8, 4) is 0 Å². The normalized spacial score (nSPS) is 25.4. The van der Waals surface area contributed by atoms with Crippen LogP contribution in [-0.2, 0) is 31.6 Å². The Balaban J connectivity index is 1.79. The minimum Gasteiger partial charge on any atom is -0.387 e. The van der Waals surface area contributed by atoms with E-state index in [1.807, 2.05) is 0 Å². The zero-order valence-corrected chi connectivity index (χ0v) is 17.6. The number of aromatic nitrogens is 4. The summed E-state index contributed by atoms with van der Waals surface area (Å²) in [6.07, 6.45) is -3.91. The number of nitrogens with two attached hydrogens (primary N) is 1. The van der Waals surface area contributed by atoms with Gasteiger partial charge in [0.15, 0.2) is 17.7 Å². The second kappa shape index (κ2) is 8.53. The van der Waals surface area contributed by atoms with E-state index in [4.69, 9.17) is 30.0 Å². The van der Waals surface area contributed by atoms with Gasteiger partial charge >= 0.3 is 23.5 Å². The Morgan fingerprint density at radius 1 is 1.03 bits per heavy atom. The van der Waals surface area contributed by atoms with Crippen molar-refractivity contribution in [2.45, 2.75) is 24.5 Å². The van der Waals surface area contributed by atoms with E-state index in [1.54, 1.807) is 0 Å². The van der Waals surface area contributed by atoms with Crippen molar-refractivity contribution in [2.24, 2.45) is 0 Å². The summed E-state index contributed by atoms with van der Waals surface area (Å²) in [5, 5.41) is 20.5. The van der Waals surface area contributed by atoms with Crippen molar-refractivity contribution in [3.63, 3.8) is 0 Å². The minimum atomic E-state index is -5.59. The molecule has 174 valence electrons. The van der Waals surface area contributed by atoms with Crippen molar-refractivity contribution >= 4 is 40.4 Å². The van der Waals surface area contributed by atoms with Gasteiger partial charge in [-0.25, -0.2) is 28.6 Å². The van der Waals surface area contributed by atoms with Crippen LogP contribution in [0.3, 0.4) is 0 Å². The smallest absolute Gasteiger partial charge is 0.387 e. The van der Waals surface area contributed by atoms with Crippen LogP contribution in [0.2, 0.25) is 0 Å². The number of hydrogen-bond acceptors (Lipinski definition) is 13. The minimum absolute atomic E-state index is 0.0294. The number of phosphoric acid groups is 3. The number of nitrogen functional groups attached to an aromatic ring is 1. The van der Waals surface area contributed by atoms with Crippen molar-refractivity contribution < 1.29 is 61.4 Å². The maximum absolute atomic E-state index is 12.2. The molecule has 1 aliphatic rings. The zero-order valence-electron chi connectivity index (χ0n) is 14.9. The van der Waals surface area contributed by atoms with E-state index in [9.17, 15) is 23.9 Å². The van der Waals surface area contributed by atoms with Gasteiger partial charge in [0.2, 0.25) is 0 Å². The third-order valence-electron chi connectivity index (χ3n) is 3.81. The number of anilines is 1. The first-order chi connectivity index (χ1) is 14.2. The van der Waals surface area contributed by atoms with E-state index >= 15 is 0 Å². The molecule has 1 saturated heterocycles. The molecule has 2 aromatic heterocycles. The number of aliphatic hydroxyl groups is 2. The van der Waals surface area contributed by atoms with Gasteiger partial charge in [-0.05, 0) is 0 Å². The first-order valence-electron chi connectivity index (χ1n) is 7.92. The highest BCUT2D eigenvalue weighted by molar-refractivity contribution is 7.66. The summed E-state index contributed by atoms with van der Waals surface area (Å²) in [6.45, 7) is -1.03. The lowest BCUT2D eigenvalue weighted by atomic mass is 10.1. The molecule has 2 aromatic rings. The van der Waals surface area contributed by atoms with Crippen LogP contribution >= 0.6 is 23.5 Å². The van der Waals surface area contributed by atoms with E-state index in [0.717, 1.165) is 6.33 Å². The second-order valence-electron chi connectivity index (χ2n) is 6.02. The number of aliphatic hydroxyl groups excluding tert-OH is 2. The topological polar surface area (TPSA) is 279 Å². The molecule has 0 radical (unpaired) electrons. The lowest BCUT2D eigenvalue weighted by Gasteiger charge is -2.21. The Labute approximate surface area is 171 Å². The summed E-state index contributed by atoms with van der Waals surface area (Å²) < 4.78 is 52.7. The number of nitrogens with zero attached hydrogens (tertiary/aromatic N) is 4. The molecule has 3 rings (SSSR count). The molecular formula is C10H16N5O13P3. The van der Waals surface area contributed by atoms with Crippen LogP contribution in [0.5, 0.6) is 0 Å². The van der Waals surface area contributed by atoms with E-state index in [-0.39, 0.29) is 17.0 Å². The molecule has 0 saturated carbocycles. The van der Waals surface area contributed by atoms with Crippen LogP contribution in [0.4, 0.5) is 5.82 Å². The number of fused-ring (bicyclic) bond motifs is 1. The standard InChI is InChI=1S/C10H16N5O13P3/c11-8-5-9(13-2-12-8)15(3-14-5)10-7(17)6(16)4(26-10)1-25-31(24,27-29(18,19)20)28-30(21,22)23/h2-4,6-7,10,16-17H,1H2,(H2,11,12,13)(H2,18,19,20)(H2,21,22,23)/t4-,6-,7-,10-/m1/s1. The Morgan fingerprint density at radius 2 is 1.65 bits per heavy atom. The molecule has 0 aliphatic carbocycles. The molecule has 0 aromatic carbocycles. The number of hydrogen-bond donors (Lipinski definition) is 7. The van der Waals surface area contributed by atoms with E-state index in [2.05, 4.69) is 28.1 Å². The maximum Gasteiger partial charge on any atom is 0.492 e. The highest BCUT2D eigenvalue weighted by Gasteiger charge is 2.48. The summed E-state index contributed by atoms with van der Waals surface area (Å²) in [5.74, 6) is 0.0294. The molecule has 0 unspecified atom stereocenters. The lowest BCUT2D eigenvalue weighted by molar-refractivity contribution is -0.0502. The monoisotopic (exact) mass is 507 g/mol. The van der Waals surface area contributed by atoms with E-state index < -0.39 is 54.6 Å². The molecule has 0 amide bonds. The first kappa shape index (κ1) is 24.3. The molecule has 8 N–H and O–H groups in total. The fourth-order valence-electron chi connectivity index (χ4n) is 2.64. The van der Waals surface area contributed by atoms with Gasteiger partial charge in [0.1, 0.15) is 30.2 Å². The first-order valence-corrected chi connectivity index (χ1v) is 12.4. The fourth-order valence-corrected chi connectivity index (χ4v) is 5.82. The molecule has 21 heteroatoms. The number of imidazole rings is 1. The molecular weight excluding hydrogens is 491 g/mol. The van der Waals surface area contributed by atoms with Crippen molar-refractivity contribution in [2.75, 3.05) is 12.3 Å². The molecule has 31 heavy (non-hydrogen) atoms. The Morgan fingerprint density at radius 3 is 2.23 bits per heavy atom. The predicted molar refractivity (Wildman–Crippen MR) is 95.5 cm³/mol. The van der Waals surface area contributed by atoms with Crippen molar-refractivity contribution in [3.05, 3.63) is 12.7 Å². The maximum atomic E-state index is 12.2. The van der Waals surface area contributed by atoms with Gasteiger partial charge in [0.25, 0.3) is 0 Å². The van der Waals surface area contributed by atoms with Gasteiger partial charge < -0.3 is 40.3 Å². The molecule has 1 aliphatic heterocycles. The summed E-state index contributed by atoms with van der Waals surface area (Å²) in [5.41, 5.74) is 5.97. The lowest BCUT2D eigenvalue weighted by Crippen LogP contribution is -2.33. The van der Waals surface area contributed by atoms with Crippen molar-refractivity contribution in [1.82, 2.24) is 19.5 Å². The van der Waals surface area contributed by atoms with Crippen LogP contribution in [0, 0.1) is 0 Å². The summed E-state index contributed by atoms with van der Waals surface area (Å²) in [7, 11) is -16.7. The third kappa shape index (κ3) is 5.71. The van der Waals surface area contributed by atoms with Crippen LogP contribution in [-0.4, -0.2) is 74.2 Å². The SMILES string of the molecule is Nc1ncnc2c1ncn2[C@@H]1O[C@H](COP(=O)(OP(=O)(O)O)OP(=O)(O)O)[C@@H](O)[C@H]1O. The summed E-state index contributed by atoms with van der Waals surface area (Å²) in [4.78, 5) is 46.8. The summed E-state index contributed by atoms with van der Waals surface area (Å²) >= 11 is 0. The second-order valence-corrected chi connectivity index (χ2v) is 10.4. The molecule has 0 spiro atoms. The van der Waals surface area contributed by atoms with Gasteiger partial charge in [-0.2, -0.15) is 8.62 Å². The number of ether oxygens (including phenoxy) is 1. The molecule has 4 atom stereocenters. The van der Waals surface area contributed by atoms with Crippen LogP contribution < -0.4 is 5.73 Å². The largest absolute Gasteiger partial charge is 0.492 e. The van der Waals surface area contributed by atoms with Crippen LogP contribution in [0.15, 0.2) is 12.7 Å². The van der Waals surface area contributed by atoms with E-state index in [0.29, 0.717) is 0 Å². The Kier molecular flexibility index (Phi) is 6.68. The van der Waals surface area contributed by atoms with Crippen LogP contribution in [0.25, 0.3) is 11.2 Å². The highest BCUT2D eigenvalue weighted by Crippen LogP contribution is 2.67. The highest BCUT2D eigenvalue weighted by atomic mass is 31.3. The zero-order chi connectivity index (χ0) is 23.2. The Bertz CT molecular complexity index is 1070. The average molecular weight is 507 g/mol. The van der Waals surface area contributed by atoms with Gasteiger partial charge in [0, 0.05) is 0 Å². The quantitative estimate of drug-likeness (QED) is 0.197. The van der Waals surface area contributed by atoms with Gasteiger partial charge in [-0.15, -0.1) is 0 Å². The summed E-state index contributed by atoms with van der Waals surface area (Å²) in [6, 6.07) is 0. The van der Waals surface area contributed by atoms with Gasteiger partial charge in [-0.1, -0.05) is 0 Å².